The Morgan fingerprint density at radius 2 is 2.06 bits per heavy atom. The molecule has 160 valence electrons. The summed E-state index contributed by atoms with van der Waals surface area (Å²) >= 11 is 1.36. The van der Waals surface area contributed by atoms with Crippen LogP contribution in [0.4, 0.5) is 5.13 Å². The van der Waals surface area contributed by atoms with Crippen molar-refractivity contribution in [1.82, 2.24) is 15.2 Å². The minimum Gasteiger partial charge on any atom is -0.539 e. The second-order valence-corrected chi connectivity index (χ2v) is 8.31. The number of rotatable bonds is 5. The number of fused-ring (bicyclic) bond motifs is 1. The van der Waals surface area contributed by atoms with E-state index in [0.717, 1.165) is 22.2 Å². The Bertz CT molecular complexity index is 1440. The predicted octanol–water partition coefficient (Wildman–Crippen LogP) is 3.63. The zero-order chi connectivity index (χ0) is 22.2. The molecule has 0 aliphatic rings. The van der Waals surface area contributed by atoms with Crippen molar-refractivity contribution in [3.05, 3.63) is 70.7 Å². The monoisotopic (exact) mass is 445 g/mol. The van der Waals surface area contributed by atoms with Crippen molar-refractivity contribution in [1.29, 1.82) is 0 Å². The van der Waals surface area contributed by atoms with Gasteiger partial charge in [0.15, 0.2) is 16.8 Å². The van der Waals surface area contributed by atoms with Crippen LogP contribution in [0, 0.1) is 13.8 Å². The van der Waals surface area contributed by atoms with Crippen LogP contribution < -0.4 is 15.1 Å². The zero-order valence-corrected chi connectivity index (χ0v) is 18.2. The second-order valence-electron chi connectivity index (χ2n) is 7.45. The number of aromatic nitrogens is 4. The number of nitrogens with zero attached hydrogens (tertiary/aromatic N) is 4. The molecule has 8 nitrogen and oxygen atoms in total. The van der Waals surface area contributed by atoms with Crippen LogP contribution in [0.25, 0.3) is 28.0 Å². The van der Waals surface area contributed by atoms with E-state index >= 15 is 0 Å². The van der Waals surface area contributed by atoms with Crippen LogP contribution >= 0.6 is 11.3 Å². The number of aromatic hydroxyl groups is 1. The van der Waals surface area contributed by atoms with Crippen LogP contribution in [0.3, 0.4) is 0 Å². The number of phenolic OH excluding ortho intramolecular Hbond substituents is 1. The van der Waals surface area contributed by atoms with Gasteiger partial charge in [-0.2, -0.15) is 0 Å². The highest BCUT2D eigenvalue weighted by Crippen LogP contribution is 2.31. The van der Waals surface area contributed by atoms with E-state index in [2.05, 4.69) is 20.6 Å². The minimum atomic E-state index is -0.555. The molecule has 0 atom stereocenters. The highest BCUT2D eigenvalue weighted by Gasteiger charge is 2.26. The maximum atomic E-state index is 12.4. The third kappa shape index (κ3) is 3.52. The molecular formula is C23H19N5O3S. The predicted molar refractivity (Wildman–Crippen MR) is 119 cm³/mol. The van der Waals surface area contributed by atoms with Gasteiger partial charge in [-0.1, -0.05) is 30.3 Å². The number of aryl methyl sites for hydroxylation is 2. The smallest absolute Gasteiger partial charge is 0.290 e. The fraction of sp³-hybridized carbons (Fsp3) is 0.130. The van der Waals surface area contributed by atoms with Gasteiger partial charge < -0.3 is 20.1 Å². The van der Waals surface area contributed by atoms with Crippen molar-refractivity contribution in [2.45, 2.75) is 20.4 Å². The van der Waals surface area contributed by atoms with Crippen LogP contribution in [-0.2, 0) is 6.54 Å². The Hall–Kier alpha value is -3.98. The van der Waals surface area contributed by atoms with Crippen LogP contribution in [0.5, 0.6) is 11.7 Å². The average Bonchev–Trinajstić information content (AvgIpc) is 3.41. The first kappa shape index (κ1) is 20.0. The molecule has 3 aromatic heterocycles. The molecule has 0 spiro atoms. The molecular weight excluding hydrogens is 426 g/mol. The van der Waals surface area contributed by atoms with E-state index in [4.69, 9.17) is 4.52 Å². The Labute approximate surface area is 187 Å². The van der Waals surface area contributed by atoms with Crippen LogP contribution in [0.1, 0.15) is 16.7 Å². The van der Waals surface area contributed by atoms with Gasteiger partial charge in [0.2, 0.25) is 5.69 Å². The van der Waals surface area contributed by atoms with E-state index in [1.165, 1.54) is 16.0 Å². The normalized spacial score (nSPS) is 11.2. The molecule has 32 heavy (non-hydrogen) atoms. The van der Waals surface area contributed by atoms with Crippen molar-refractivity contribution in [3.63, 3.8) is 0 Å². The summed E-state index contributed by atoms with van der Waals surface area (Å²) in [7, 11) is 0. The summed E-state index contributed by atoms with van der Waals surface area (Å²) in [6.45, 7) is 4.28. The molecule has 0 aliphatic heterocycles. The van der Waals surface area contributed by atoms with Gasteiger partial charge in [0.25, 0.3) is 5.69 Å². The maximum Gasteiger partial charge on any atom is 0.290 e. The third-order valence-corrected chi connectivity index (χ3v) is 6.01. The summed E-state index contributed by atoms with van der Waals surface area (Å²) < 4.78 is 6.45. The highest BCUT2D eigenvalue weighted by atomic mass is 32.1. The average molecular weight is 446 g/mol. The molecule has 0 bridgehead atoms. The SMILES string of the molecule is Cc1ccc(C)c(-[n+]2noc([O-])c2-c2csc(NCc3ccc4cccnc4c3O)n2)c1. The Morgan fingerprint density at radius 1 is 1.19 bits per heavy atom. The number of hydrogen-bond acceptors (Lipinski definition) is 8. The summed E-state index contributed by atoms with van der Waals surface area (Å²) in [6.07, 6.45) is 1.65. The van der Waals surface area contributed by atoms with Crippen LogP contribution in [-0.4, -0.2) is 20.3 Å². The quantitative estimate of drug-likeness (QED) is 0.397. The maximum absolute atomic E-state index is 12.4. The molecule has 0 fully saturated rings. The molecule has 0 aliphatic carbocycles. The van der Waals surface area contributed by atoms with E-state index in [9.17, 15) is 10.2 Å². The summed E-state index contributed by atoms with van der Waals surface area (Å²) in [5.41, 5.74) is 4.76. The molecule has 0 radical (unpaired) electrons. The summed E-state index contributed by atoms with van der Waals surface area (Å²) in [5.74, 6) is -0.415. The van der Waals surface area contributed by atoms with Crippen molar-refractivity contribution >= 4 is 27.4 Å². The summed E-state index contributed by atoms with van der Waals surface area (Å²) in [4.78, 5) is 8.80. The molecule has 2 aromatic carbocycles. The lowest BCUT2D eigenvalue weighted by Gasteiger charge is -2.07. The van der Waals surface area contributed by atoms with Gasteiger partial charge in [-0.25, -0.2) is 4.98 Å². The summed E-state index contributed by atoms with van der Waals surface area (Å²) in [5, 5.41) is 33.4. The van der Waals surface area contributed by atoms with Crippen LogP contribution in [0.15, 0.2) is 58.6 Å². The Kier molecular flexibility index (Phi) is 4.95. The summed E-state index contributed by atoms with van der Waals surface area (Å²) in [6, 6.07) is 13.4. The molecule has 0 unspecified atom stereocenters. The topological polar surface area (TPSA) is 111 Å². The lowest BCUT2D eigenvalue weighted by atomic mass is 10.1. The second kappa shape index (κ2) is 7.93. The first-order valence-electron chi connectivity index (χ1n) is 9.93. The fourth-order valence-corrected chi connectivity index (χ4v) is 4.22. The number of hydrogen-bond donors (Lipinski definition) is 2. The van der Waals surface area contributed by atoms with E-state index in [0.29, 0.717) is 28.5 Å². The number of nitrogens with one attached hydrogen (secondary N) is 1. The van der Waals surface area contributed by atoms with Crippen molar-refractivity contribution < 1.29 is 19.4 Å². The number of anilines is 1. The van der Waals surface area contributed by atoms with Gasteiger partial charge in [0.1, 0.15) is 11.3 Å². The van der Waals surface area contributed by atoms with E-state index in [1.807, 2.05) is 56.3 Å². The highest BCUT2D eigenvalue weighted by molar-refractivity contribution is 7.14. The Balaban J connectivity index is 1.42. The van der Waals surface area contributed by atoms with Crippen molar-refractivity contribution in [2.75, 3.05) is 5.32 Å². The number of phenols is 1. The molecule has 5 rings (SSSR count). The Morgan fingerprint density at radius 3 is 2.94 bits per heavy atom. The van der Waals surface area contributed by atoms with Gasteiger partial charge in [-0.3, -0.25) is 4.98 Å². The van der Waals surface area contributed by atoms with Crippen molar-refractivity contribution in [3.8, 4) is 28.8 Å². The van der Waals surface area contributed by atoms with Crippen LogP contribution in [0.2, 0.25) is 0 Å². The molecule has 0 amide bonds. The molecule has 9 heteroatoms. The van der Waals surface area contributed by atoms with Gasteiger partial charge in [0, 0.05) is 40.7 Å². The van der Waals surface area contributed by atoms with Gasteiger partial charge in [-0.15, -0.1) is 11.3 Å². The van der Waals surface area contributed by atoms with Crippen molar-refractivity contribution in [2.24, 2.45) is 0 Å². The lowest BCUT2D eigenvalue weighted by molar-refractivity contribution is -0.660. The van der Waals surface area contributed by atoms with Gasteiger partial charge in [-0.05, 0) is 30.2 Å². The fourth-order valence-electron chi connectivity index (χ4n) is 3.52. The van der Waals surface area contributed by atoms with Gasteiger partial charge in [0.05, 0.1) is 5.27 Å². The molecule has 0 saturated heterocycles. The molecule has 3 heterocycles. The largest absolute Gasteiger partial charge is 0.539 e. The van der Waals surface area contributed by atoms with E-state index in [-0.39, 0.29) is 11.4 Å². The lowest BCUT2D eigenvalue weighted by Crippen LogP contribution is -2.36. The first-order valence-corrected chi connectivity index (χ1v) is 10.8. The molecule has 2 N–H and O–H groups in total. The molecule has 5 aromatic rings. The third-order valence-electron chi connectivity index (χ3n) is 5.21. The standard InChI is InChI=1S/C23H19N5O3S/c1-13-5-6-14(2)18(10-13)28-20(22(30)31-27-28)17-12-32-23(26-17)25-11-16-8-7-15-4-3-9-24-19(15)21(16)29/h3-10,12H,11H2,1-2H3,(H2-,25,26,27,29,30). The number of benzene rings is 2. The van der Waals surface area contributed by atoms with Gasteiger partial charge >= 0.3 is 0 Å². The number of thiazole rings is 1. The van der Waals surface area contributed by atoms with E-state index in [1.54, 1.807) is 11.6 Å². The number of pyridine rings is 1. The first-order chi connectivity index (χ1) is 15.5. The zero-order valence-electron chi connectivity index (χ0n) is 17.4. The molecule has 0 saturated carbocycles. The minimum absolute atomic E-state index is 0.140. The van der Waals surface area contributed by atoms with E-state index < -0.39 is 5.95 Å².